The van der Waals surface area contributed by atoms with E-state index in [4.69, 9.17) is 0 Å². The zero-order valence-electron chi connectivity index (χ0n) is 19.1. The molecule has 0 unspecified atom stereocenters. The van der Waals surface area contributed by atoms with E-state index in [0.717, 1.165) is 11.5 Å². The Morgan fingerprint density at radius 3 is 2.59 bits per heavy atom. The quantitative estimate of drug-likeness (QED) is 0.485. The van der Waals surface area contributed by atoms with E-state index in [9.17, 15) is 22.0 Å². The van der Waals surface area contributed by atoms with Gasteiger partial charge in [-0.3, -0.25) is 0 Å². The number of nitrogens with one attached hydrogen (secondary N) is 2. The third kappa shape index (κ3) is 4.91. The van der Waals surface area contributed by atoms with Gasteiger partial charge in [0.2, 0.25) is 0 Å². The lowest BCUT2D eigenvalue weighted by Gasteiger charge is -2.26. The van der Waals surface area contributed by atoms with Crippen LogP contribution in [0.1, 0.15) is 35.3 Å². The van der Waals surface area contributed by atoms with Gasteiger partial charge in [-0.05, 0) is 50.1 Å². The van der Waals surface area contributed by atoms with Crippen LogP contribution in [0, 0.1) is 13.8 Å². The molecule has 1 aromatic heterocycles. The number of aryl methyl sites for hydroxylation is 1. The average Bonchev–Trinajstić information content (AvgIpc) is 2.95. The highest BCUT2D eigenvalue weighted by molar-refractivity contribution is 5.95. The minimum Gasteiger partial charge on any atom is -0.364 e. The Kier molecular flexibility index (Phi) is 6.37. The smallest absolute Gasteiger partial charge is 0.364 e. The molecule has 0 spiro atoms. The zero-order chi connectivity index (χ0) is 24.7. The minimum atomic E-state index is -4.45. The number of halogens is 5. The predicted molar refractivity (Wildman–Crippen MR) is 123 cm³/mol. The maximum absolute atomic E-state index is 14.2. The van der Waals surface area contributed by atoms with Gasteiger partial charge in [0.15, 0.2) is 5.82 Å². The second-order valence-corrected chi connectivity index (χ2v) is 8.70. The zero-order valence-corrected chi connectivity index (χ0v) is 19.1. The van der Waals surface area contributed by atoms with Crippen molar-refractivity contribution >= 4 is 22.3 Å². The van der Waals surface area contributed by atoms with Crippen LogP contribution >= 0.6 is 0 Å². The molecule has 1 aliphatic rings. The van der Waals surface area contributed by atoms with Gasteiger partial charge >= 0.3 is 6.18 Å². The molecule has 10 heteroatoms. The van der Waals surface area contributed by atoms with Gasteiger partial charge in [-0.2, -0.15) is 18.3 Å². The van der Waals surface area contributed by atoms with Crippen LogP contribution in [0.4, 0.5) is 33.5 Å². The molecule has 0 radical (unpaired) electrons. The topological polar surface area (TPSA) is 53.1 Å². The summed E-state index contributed by atoms with van der Waals surface area (Å²) < 4.78 is 68.4. The summed E-state index contributed by atoms with van der Waals surface area (Å²) in [6, 6.07) is 8.96. The fourth-order valence-corrected chi connectivity index (χ4v) is 4.41. The Morgan fingerprint density at radius 1 is 1.09 bits per heavy atom. The van der Waals surface area contributed by atoms with Gasteiger partial charge in [0.05, 0.1) is 30.4 Å². The Balaban J connectivity index is 1.71. The maximum atomic E-state index is 14.2. The lowest BCUT2D eigenvalue weighted by molar-refractivity contribution is -0.138. The summed E-state index contributed by atoms with van der Waals surface area (Å²) in [5, 5.41) is 15.8. The fraction of sp³-hybridized carbons (Fsp3) is 0.417. The molecule has 1 fully saturated rings. The summed E-state index contributed by atoms with van der Waals surface area (Å²) in [4.78, 5) is 1.62. The normalized spacial score (nSPS) is 17.5. The van der Waals surface area contributed by atoms with Crippen LogP contribution in [0.25, 0.3) is 10.8 Å². The van der Waals surface area contributed by atoms with Gasteiger partial charge in [-0.25, -0.2) is 8.78 Å². The fourth-order valence-electron chi connectivity index (χ4n) is 4.41. The first-order valence-electron chi connectivity index (χ1n) is 11.0. The first-order valence-corrected chi connectivity index (χ1v) is 11.0. The van der Waals surface area contributed by atoms with E-state index in [1.54, 1.807) is 36.9 Å². The van der Waals surface area contributed by atoms with E-state index in [1.807, 2.05) is 6.07 Å². The highest BCUT2D eigenvalue weighted by atomic mass is 19.4. The first kappa shape index (κ1) is 24.1. The molecule has 2 N–H and O–H groups in total. The van der Waals surface area contributed by atoms with E-state index in [0.29, 0.717) is 41.2 Å². The third-order valence-electron chi connectivity index (χ3n) is 6.18. The first-order chi connectivity index (χ1) is 16.0. The van der Waals surface area contributed by atoms with E-state index in [2.05, 4.69) is 20.8 Å². The van der Waals surface area contributed by atoms with E-state index >= 15 is 0 Å². The van der Waals surface area contributed by atoms with Crippen molar-refractivity contribution < 1.29 is 22.0 Å². The standard InChI is InChI=1S/C24H26F5N5/c1-14-18(5-4-6-21(14)24(27,28)29)15(2)31-22-20-11-17(7-8-19(20)16(3)32-33-22)34-10-9-30-12-23(25,26)13-34/h4-8,11,15,30H,9-10,12-13H2,1-3H3,(H,31,33)/t15-/m1/s1. The number of alkyl halides is 5. The monoisotopic (exact) mass is 479 g/mol. The van der Waals surface area contributed by atoms with Gasteiger partial charge in [0.1, 0.15) is 0 Å². The van der Waals surface area contributed by atoms with Gasteiger partial charge < -0.3 is 15.5 Å². The molecule has 0 amide bonds. The molecule has 2 aromatic carbocycles. The van der Waals surface area contributed by atoms with Crippen molar-refractivity contribution in [2.24, 2.45) is 0 Å². The summed E-state index contributed by atoms with van der Waals surface area (Å²) >= 11 is 0. The van der Waals surface area contributed by atoms with Crippen molar-refractivity contribution in [2.45, 2.75) is 38.9 Å². The number of rotatable bonds is 4. The van der Waals surface area contributed by atoms with Gasteiger partial charge in [-0.15, -0.1) is 5.10 Å². The molecule has 4 rings (SSSR count). The maximum Gasteiger partial charge on any atom is 0.416 e. The Bertz CT molecular complexity index is 1190. The van der Waals surface area contributed by atoms with E-state index in [-0.39, 0.29) is 12.1 Å². The lowest BCUT2D eigenvalue weighted by atomic mass is 9.97. The van der Waals surface area contributed by atoms with Crippen LogP contribution in [0.15, 0.2) is 36.4 Å². The number of fused-ring (bicyclic) bond motifs is 1. The largest absolute Gasteiger partial charge is 0.416 e. The number of hydrogen-bond acceptors (Lipinski definition) is 5. The SMILES string of the molecule is Cc1c([C@@H](C)Nc2nnc(C)c3ccc(N4CCNCC(F)(F)C4)cc23)cccc1C(F)(F)F. The summed E-state index contributed by atoms with van der Waals surface area (Å²) in [6.07, 6.45) is -4.45. The molecule has 182 valence electrons. The van der Waals surface area contributed by atoms with Crippen LogP contribution in [-0.4, -0.2) is 42.3 Å². The number of anilines is 2. The average molecular weight is 479 g/mol. The van der Waals surface area contributed by atoms with Crippen molar-refractivity contribution in [3.05, 3.63) is 58.8 Å². The summed E-state index contributed by atoms with van der Waals surface area (Å²) in [5.41, 5.74) is 1.22. The molecule has 1 atom stereocenters. The molecule has 0 bridgehead atoms. The highest BCUT2D eigenvalue weighted by Gasteiger charge is 2.34. The van der Waals surface area contributed by atoms with Gasteiger partial charge in [0, 0.05) is 29.5 Å². The molecule has 1 aliphatic heterocycles. The van der Waals surface area contributed by atoms with Crippen LogP contribution < -0.4 is 15.5 Å². The second-order valence-electron chi connectivity index (χ2n) is 8.70. The minimum absolute atomic E-state index is 0.138. The second kappa shape index (κ2) is 8.98. The van der Waals surface area contributed by atoms with Crippen molar-refractivity contribution in [2.75, 3.05) is 36.4 Å². The number of aromatic nitrogens is 2. The van der Waals surface area contributed by atoms with Crippen LogP contribution in [0.5, 0.6) is 0 Å². The van der Waals surface area contributed by atoms with Crippen molar-refractivity contribution in [1.82, 2.24) is 15.5 Å². The molecule has 0 aliphatic carbocycles. The summed E-state index contributed by atoms with van der Waals surface area (Å²) in [7, 11) is 0. The summed E-state index contributed by atoms with van der Waals surface area (Å²) in [5.74, 6) is -2.49. The molecular weight excluding hydrogens is 453 g/mol. The summed E-state index contributed by atoms with van der Waals surface area (Å²) in [6.45, 7) is 5.05. The molecule has 0 saturated carbocycles. The Morgan fingerprint density at radius 2 is 1.85 bits per heavy atom. The molecule has 2 heterocycles. The van der Waals surface area contributed by atoms with Crippen LogP contribution in [-0.2, 0) is 6.18 Å². The molecule has 34 heavy (non-hydrogen) atoms. The van der Waals surface area contributed by atoms with Crippen molar-refractivity contribution in [1.29, 1.82) is 0 Å². The van der Waals surface area contributed by atoms with E-state index in [1.165, 1.54) is 13.0 Å². The third-order valence-corrected chi connectivity index (χ3v) is 6.18. The van der Waals surface area contributed by atoms with Gasteiger partial charge in [-0.1, -0.05) is 18.2 Å². The highest BCUT2D eigenvalue weighted by Crippen LogP contribution is 2.36. The molecule has 3 aromatic rings. The molecular formula is C24H26F5N5. The van der Waals surface area contributed by atoms with Gasteiger partial charge in [0.25, 0.3) is 5.92 Å². The lowest BCUT2D eigenvalue weighted by Crippen LogP contribution is -2.38. The van der Waals surface area contributed by atoms with Crippen molar-refractivity contribution in [3.8, 4) is 0 Å². The number of hydrogen-bond donors (Lipinski definition) is 2. The van der Waals surface area contributed by atoms with E-state index < -0.39 is 30.2 Å². The number of benzene rings is 2. The van der Waals surface area contributed by atoms with Crippen LogP contribution in [0.2, 0.25) is 0 Å². The van der Waals surface area contributed by atoms with Crippen LogP contribution in [0.3, 0.4) is 0 Å². The Labute approximate surface area is 194 Å². The number of nitrogens with zero attached hydrogens (tertiary/aromatic N) is 3. The van der Waals surface area contributed by atoms with Crippen molar-refractivity contribution in [3.63, 3.8) is 0 Å². The Hall–Kier alpha value is -3.01. The molecule has 1 saturated heterocycles. The predicted octanol–water partition coefficient (Wildman–Crippen LogP) is 5.48. The molecule has 5 nitrogen and oxygen atoms in total.